The molecule has 2 aromatic rings. The number of aryl methyl sites for hydroxylation is 1. The van der Waals surface area contributed by atoms with Crippen LogP contribution in [0.1, 0.15) is 16.3 Å². The lowest BCUT2D eigenvalue weighted by atomic mass is 10.2. The van der Waals surface area contributed by atoms with Gasteiger partial charge in [0.05, 0.1) is 13.2 Å². The number of aromatic nitrogens is 1. The van der Waals surface area contributed by atoms with E-state index in [0.29, 0.717) is 13.2 Å². The van der Waals surface area contributed by atoms with Gasteiger partial charge in [-0.25, -0.2) is 4.98 Å². The summed E-state index contributed by atoms with van der Waals surface area (Å²) in [5.74, 6) is 0. The summed E-state index contributed by atoms with van der Waals surface area (Å²) in [7, 11) is 0. The number of nitrogens with zero attached hydrogens (tertiary/aromatic N) is 1. The summed E-state index contributed by atoms with van der Waals surface area (Å²) in [6.45, 7) is 3.22. The molecule has 84 valence electrons. The fraction of sp³-hybridized carbons (Fsp3) is 0.250. The number of hydrogen-bond acceptors (Lipinski definition) is 4. The first kappa shape index (κ1) is 11.3. The summed E-state index contributed by atoms with van der Waals surface area (Å²) in [6.07, 6.45) is 0. The van der Waals surface area contributed by atoms with Crippen molar-refractivity contribution in [2.24, 2.45) is 0 Å². The molecule has 4 heteroatoms. The lowest BCUT2D eigenvalue weighted by Crippen LogP contribution is -2.13. The molecule has 0 aliphatic rings. The molecular formula is C12H14N2OS. The lowest BCUT2D eigenvalue weighted by molar-refractivity contribution is 0.0234. The lowest BCUT2D eigenvalue weighted by Gasteiger charge is -2.03. The van der Waals surface area contributed by atoms with Gasteiger partial charge in [-0.3, -0.25) is 4.84 Å². The predicted octanol–water partition coefficient (Wildman–Crippen LogP) is 2.67. The molecule has 0 saturated carbocycles. The second-order valence-corrected chi connectivity index (χ2v) is 4.42. The van der Waals surface area contributed by atoms with Crippen LogP contribution in [0.25, 0.3) is 0 Å². The Kier molecular flexibility index (Phi) is 4.04. The van der Waals surface area contributed by atoms with Crippen molar-refractivity contribution in [2.45, 2.75) is 20.1 Å². The maximum Gasteiger partial charge on any atom is 0.109 e. The van der Waals surface area contributed by atoms with Crippen LogP contribution in [-0.2, 0) is 18.0 Å². The number of hydroxylamine groups is 1. The van der Waals surface area contributed by atoms with E-state index in [9.17, 15) is 0 Å². The zero-order valence-electron chi connectivity index (χ0n) is 9.14. The quantitative estimate of drug-likeness (QED) is 0.638. The second-order valence-electron chi connectivity index (χ2n) is 3.48. The van der Waals surface area contributed by atoms with Gasteiger partial charge in [0.2, 0.25) is 0 Å². The SMILES string of the molecule is Cc1csc(CNOCc2ccccc2)n1. The van der Waals surface area contributed by atoms with Crippen LogP contribution < -0.4 is 5.48 Å². The summed E-state index contributed by atoms with van der Waals surface area (Å²) in [5, 5.41) is 3.08. The molecule has 0 amide bonds. The van der Waals surface area contributed by atoms with Gasteiger partial charge in [-0.2, -0.15) is 5.48 Å². The van der Waals surface area contributed by atoms with E-state index in [-0.39, 0.29) is 0 Å². The van der Waals surface area contributed by atoms with Crippen LogP contribution in [0.2, 0.25) is 0 Å². The van der Waals surface area contributed by atoms with E-state index in [2.05, 4.69) is 10.5 Å². The molecule has 0 spiro atoms. The minimum atomic E-state index is 0.575. The van der Waals surface area contributed by atoms with Crippen molar-refractivity contribution in [1.82, 2.24) is 10.5 Å². The molecule has 0 atom stereocenters. The average Bonchev–Trinajstić information content (AvgIpc) is 2.72. The molecule has 3 nitrogen and oxygen atoms in total. The molecule has 1 aromatic heterocycles. The van der Waals surface area contributed by atoms with E-state index in [0.717, 1.165) is 16.3 Å². The van der Waals surface area contributed by atoms with Gasteiger partial charge in [-0.1, -0.05) is 30.3 Å². The zero-order valence-corrected chi connectivity index (χ0v) is 9.96. The number of hydrogen-bond donors (Lipinski definition) is 1. The van der Waals surface area contributed by atoms with Gasteiger partial charge in [0.15, 0.2) is 0 Å². The van der Waals surface area contributed by atoms with Crippen molar-refractivity contribution in [2.75, 3.05) is 0 Å². The first-order valence-corrected chi connectivity index (χ1v) is 6.02. The minimum Gasteiger partial charge on any atom is -0.297 e. The largest absolute Gasteiger partial charge is 0.297 e. The summed E-state index contributed by atoms with van der Waals surface area (Å²) in [6, 6.07) is 10.1. The molecule has 0 aliphatic heterocycles. The molecule has 1 aromatic carbocycles. The number of nitrogens with one attached hydrogen (secondary N) is 1. The van der Waals surface area contributed by atoms with Crippen LogP contribution in [0.4, 0.5) is 0 Å². The Morgan fingerprint density at radius 1 is 1.31 bits per heavy atom. The molecule has 0 bridgehead atoms. The van der Waals surface area contributed by atoms with Crippen LogP contribution >= 0.6 is 11.3 Å². The fourth-order valence-corrected chi connectivity index (χ4v) is 2.00. The maximum absolute atomic E-state index is 5.35. The molecule has 1 heterocycles. The normalized spacial score (nSPS) is 10.6. The number of benzene rings is 1. The highest BCUT2D eigenvalue weighted by molar-refractivity contribution is 7.09. The van der Waals surface area contributed by atoms with Crippen molar-refractivity contribution in [1.29, 1.82) is 0 Å². The maximum atomic E-state index is 5.35. The Morgan fingerprint density at radius 2 is 2.12 bits per heavy atom. The van der Waals surface area contributed by atoms with Crippen LogP contribution in [-0.4, -0.2) is 4.98 Å². The van der Waals surface area contributed by atoms with Gasteiger partial charge in [-0.05, 0) is 12.5 Å². The summed E-state index contributed by atoms with van der Waals surface area (Å²) in [4.78, 5) is 9.68. The number of rotatable bonds is 5. The van der Waals surface area contributed by atoms with Crippen LogP contribution in [0.5, 0.6) is 0 Å². The zero-order chi connectivity index (χ0) is 11.2. The van der Waals surface area contributed by atoms with E-state index < -0.39 is 0 Å². The fourth-order valence-electron chi connectivity index (χ4n) is 1.31. The Hall–Kier alpha value is -1.23. The smallest absolute Gasteiger partial charge is 0.109 e. The molecule has 1 N–H and O–H groups in total. The molecule has 0 unspecified atom stereocenters. The molecule has 0 radical (unpaired) electrons. The van der Waals surface area contributed by atoms with Gasteiger partial charge < -0.3 is 0 Å². The summed E-state index contributed by atoms with van der Waals surface area (Å²) >= 11 is 1.64. The third-order valence-corrected chi connectivity index (χ3v) is 3.04. The van der Waals surface area contributed by atoms with Gasteiger partial charge in [-0.15, -0.1) is 11.3 Å². The average molecular weight is 234 g/mol. The molecule has 0 aliphatic carbocycles. The van der Waals surface area contributed by atoms with Crippen molar-refractivity contribution in [3.8, 4) is 0 Å². The molecule has 2 rings (SSSR count). The van der Waals surface area contributed by atoms with E-state index in [1.807, 2.05) is 42.6 Å². The standard InChI is InChI=1S/C12H14N2OS/c1-10-9-16-12(14-10)7-13-15-8-11-5-3-2-4-6-11/h2-6,9,13H,7-8H2,1H3. The first-order valence-electron chi connectivity index (χ1n) is 5.14. The van der Waals surface area contributed by atoms with Crippen LogP contribution in [0, 0.1) is 6.92 Å². The van der Waals surface area contributed by atoms with Crippen molar-refractivity contribution in [3.63, 3.8) is 0 Å². The highest BCUT2D eigenvalue weighted by Crippen LogP contribution is 2.08. The van der Waals surface area contributed by atoms with E-state index in [1.165, 1.54) is 0 Å². The van der Waals surface area contributed by atoms with E-state index in [4.69, 9.17) is 4.84 Å². The Morgan fingerprint density at radius 3 is 2.81 bits per heavy atom. The van der Waals surface area contributed by atoms with Gasteiger partial charge >= 0.3 is 0 Å². The Labute approximate surface area is 99.1 Å². The minimum absolute atomic E-state index is 0.575. The third-order valence-electron chi connectivity index (χ3n) is 2.07. The molecular weight excluding hydrogens is 220 g/mol. The van der Waals surface area contributed by atoms with Gasteiger partial charge in [0.25, 0.3) is 0 Å². The Bertz CT molecular complexity index is 428. The summed E-state index contributed by atoms with van der Waals surface area (Å²) < 4.78 is 0. The highest BCUT2D eigenvalue weighted by atomic mass is 32.1. The molecule has 0 fully saturated rings. The first-order chi connectivity index (χ1) is 7.84. The van der Waals surface area contributed by atoms with Crippen LogP contribution in [0.15, 0.2) is 35.7 Å². The van der Waals surface area contributed by atoms with E-state index in [1.54, 1.807) is 11.3 Å². The Balaban J connectivity index is 1.69. The molecule has 0 saturated heterocycles. The predicted molar refractivity (Wildman–Crippen MR) is 64.9 cm³/mol. The van der Waals surface area contributed by atoms with Crippen molar-refractivity contribution < 1.29 is 4.84 Å². The second kappa shape index (κ2) is 5.75. The number of thiazole rings is 1. The topological polar surface area (TPSA) is 34.1 Å². The summed E-state index contributed by atoms with van der Waals surface area (Å²) in [5.41, 5.74) is 5.13. The van der Waals surface area contributed by atoms with Crippen molar-refractivity contribution in [3.05, 3.63) is 52.0 Å². The van der Waals surface area contributed by atoms with E-state index >= 15 is 0 Å². The van der Waals surface area contributed by atoms with Gasteiger partial charge in [0.1, 0.15) is 5.01 Å². The van der Waals surface area contributed by atoms with Gasteiger partial charge in [0, 0.05) is 11.1 Å². The van der Waals surface area contributed by atoms with Crippen LogP contribution in [0.3, 0.4) is 0 Å². The highest BCUT2D eigenvalue weighted by Gasteiger charge is 1.97. The third kappa shape index (κ3) is 3.41. The monoisotopic (exact) mass is 234 g/mol. The molecule has 16 heavy (non-hydrogen) atoms. The van der Waals surface area contributed by atoms with Crippen molar-refractivity contribution >= 4 is 11.3 Å².